The highest BCUT2D eigenvalue weighted by atomic mass is 16.5. The lowest BCUT2D eigenvalue weighted by Gasteiger charge is -2.02. The first kappa shape index (κ1) is 13.1. The number of aliphatic hydroxyl groups excluding tert-OH is 1. The average Bonchev–Trinajstić information content (AvgIpc) is 2.37. The number of methoxy groups -OCH3 is 1. The van der Waals surface area contributed by atoms with E-state index in [0.717, 1.165) is 28.4 Å². The number of ether oxygens (including phenoxy) is 1. The van der Waals surface area contributed by atoms with E-state index in [1.54, 1.807) is 13.2 Å². The van der Waals surface area contributed by atoms with Gasteiger partial charge in [0.1, 0.15) is 11.5 Å². The van der Waals surface area contributed by atoms with Crippen molar-refractivity contribution in [2.45, 2.75) is 13.8 Å². The van der Waals surface area contributed by atoms with Crippen LogP contribution in [0.1, 0.15) is 22.6 Å². The Hall–Kier alpha value is -2.29. The average molecular weight is 257 g/mol. The van der Waals surface area contributed by atoms with Gasteiger partial charge in [0.05, 0.1) is 21.0 Å². The molecule has 0 amide bonds. The molecule has 0 saturated carbocycles. The van der Waals surface area contributed by atoms with E-state index in [1.165, 1.54) is 0 Å². The zero-order chi connectivity index (χ0) is 13.8. The molecule has 0 radical (unpaired) electrons. The summed E-state index contributed by atoms with van der Waals surface area (Å²) in [7, 11) is 1.61. The van der Waals surface area contributed by atoms with Crippen LogP contribution >= 0.6 is 0 Å². The lowest BCUT2D eigenvalue weighted by Crippen LogP contribution is -1.87. The minimum Gasteiger partial charge on any atom is -0.507 e. The van der Waals surface area contributed by atoms with Crippen molar-refractivity contribution in [2.75, 3.05) is 7.11 Å². The highest BCUT2D eigenvalue weighted by Gasteiger charge is 2.07. The van der Waals surface area contributed by atoms with Crippen LogP contribution in [0, 0.1) is 13.8 Å². The van der Waals surface area contributed by atoms with Crippen molar-refractivity contribution < 1.29 is 14.3 Å². The number of hydrogen-bond donors (Lipinski definition) is 1. The highest BCUT2D eigenvalue weighted by molar-refractivity contribution is 5.76. The SMILES string of the molecule is COc1ccc(/C(O)=C/c2cc(C)[o+]c(C)c2)cc1. The van der Waals surface area contributed by atoms with Gasteiger partial charge in [-0.15, -0.1) is 0 Å². The molecule has 2 aromatic rings. The molecule has 3 nitrogen and oxygen atoms in total. The van der Waals surface area contributed by atoms with Gasteiger partial charge in [0, 0.05) is 17.7 Å². The van der Waals surface area contributed by atoms with Crippen LogP contribution in [0.3, 0.4) is 0 Å². The van der Waals surface area contributed by atoms with Crippen molar-refractivity contribution in [1.82, 2.24) is 0 Å². The van der Waals surface area contributed by atoms with Crippen LogP contribution in [-0.4, -0.2) is 12.2 Å². The van der Waals surface area contributed by atoms with Crippen molar-refractivity contribution in [3.63, 3.8) is 0 Å². The smallest absolute Gasteiger partial charge is 0.327 e. The van der Waals surface area contributed by atoms with Gasteiger partial charge < -0.3 is 9.84 Å². The Labute approximate surface area is 112 Å². The van der Waals surface area contributed by atoms with E-state index in [2.05, 4.69) is 0 Å². The van der Waals surface area contributed by atoms with E-state index >= 15 is 0 Å². The molecule has 2 rings (SSSR count). The quantitative estimate of drug-likeness (QED) is 0.660. The predicted molar refractivity (Wildman–Crippen MR) is 76.1 cm³/mol. The maximum Gasteiger partial charge on any atom is 0.327 e. The molecule has 0 aliphatic heterocycles. The summed E-state index contributed by atoms with van der Waals surface area (Å²) in [6.07, 6.45) is 1.72. The molecule has 0 bridgehead atoms. The number of aryl methyl sites for hydroxylation is 2. The van der Waals surface area contributed by atoms with Gasteiger partial charge in [-0.25, -0.2) is 4.42 Å². The van der Waals surface area contributed by atoms with Gasteiger partial charge in [-0.05, 0) is 35.9 Å². The van der Waals surface area contributed by atoms with Crippen LogP contribution < -0.4 is 4.74 Å². The fourth-order valence-corrected chi connectivity index (χ4v) is 1.91. The van der Waals surface area contributed by atoms with Gasteiger partial charge in [0.2, 0.25) is 0 Å². The molecule has 1 N–H and O–H groups in total. The van der Waals surface area contributed by atoms with E-state index in [0.29, 0.717) is 0 Å². The summed E-state index contributed by atoms with van der Waals surface area (Å²) in [6, 6.07) is 11.0. The second-order valence-electron chi connectivity index (χ2n) is 4.37. The molecule has 0 saturated heterocycles. The minimum atomic E-state index is 0.215. The third-order valence-corrected chi connectivity index (χ3v) is 2.75. The Balaban J connectivity index is 2.30. The number of hydrogen-bond acceptors (Lipinski definition) is 2. The van der Waals surface area contributed by atoms with Crippen LogP contribution in [0.5, 0.6) is 5.75 Å². The van der Waals surface area contributed by atoms with Gasteiger partial charge in [0.15, 0.2) is 0 Å². The molecule has 0 aliphatic rings. The van der Waals surface area contributed by atoms with Gasteiger partial charge >= 0.3 is 11.5 Å². The molecular weight excluding hydrogens is 240 g/mol. The van der Waals surface area contributed by atoms with Crippen LogP contribution in [0.2, 0.25) is 0 Å². The summed E-state index contributed by atoms with van der Waals surface area (Å²) >= 11 is 0. The Morgan fingerprint density at radius 2 is 1.68 bits per heavy atom. The Bertz CT molecular complexity index is 578. The Morgan fingerprint density at radius 3 is 2.21 bits per heavy atom. The number of aliphatic hydroxyl groups is 1. The van der Waals surface area contributed by atoms with Crippen molar-refractivity contribution in [1.29, 1.82) is 0 Å². The second-order valence-corrected chi connectivity index (χ2v) is 4.37. The molecule has 0 atom stereocenters. The summed E-state index contributed by atoms with van der Waals surface area (Å²) in [4.78, 5) is 0. The molecule has 19 heavy (non-hydrogen) atoms. The number of rotatable bonds is 3. The Morgan fingerprint density at radius 1 is 1.11 bits per heavy atom. The summed E-state index contributed by atoms with van der Waals surface area (Å²) < 4.78 is 10.5. The molecule has 0 aliphatic carbocycles. The van der Waals surface area contributed by atoms with Gasteiger partial charge in [-0.2, -0.15) is 0 Å². The van der Waals surface area contributed by atoms with E-state index < -0.39 is 0 Å². The van der Waals surface area contributed by atoms with Crippen molar-refractivity contribution in [2.24, 2.45) is 0 Å². The largest absolute Gasteiger partial charge is 0.507 e. The van der Waals surface area contributed by atoms with Gasteiger partial charge in [-0.3, -0.25) is 0 Å². The molecule has 1 aromatic carbocycles. The standard InChI is InChI=1S/C16H16O3/c1-11-8-13(9-12(2)19-11)10-16(17)14-4-6-15(18-3)7-5-14/h4-10H,1-3H3/p+1/b16-10-. The monoisotopic (exact) mass is 257 g/mol. The van der Waals surface area contributed by atoms with Crippen LogP contribution in [0.15, 0.2) is 40.8 Å². The molecular formula is C16H17O3+. The minimum absolute atomic E-state index is 0.215. The lowest BCUT2D eigenvalue weighted by molar-refractivity contribution is 0.414. The Kier molecular flexibility index (Phi) is 3.85. The zero-order valence-corrected chi connectivity index (χ0v) is 11.3. The molecule has 0 spiro atoms. The molecule has 1 aromatic heterocycles. The molecule has 0 unspecified atom stereocenters. The van der Waals surface area contributed by atoms with Crippen LogP contribution in [0.4, 0.5) is 0 Å². The molecule has 3 heteroatoms. The molecule has 1 heterocycles. The van der Waals surface area contributed by atoms with E-state index in [1.807, 2.05) is 50.2 Å². The lowest BCUT2D eigenvalue weighted by atomic mass is 10.1. The van der Waals surface area contributed by atoms with E-state index in [9.17, 15) is 5.11 Å². The summed E-state index contributed by atoms with van der Waals surface area (Å²) in [5, 5.41) is 10.1. The van der Waals surface area contributed by atoms with Crippen molar-refractivity contribution in [3.8, 4) is 5.75 Å². The van der Waals surface area contributed by atoms with Gasteiger partial charge in [0.25, 0.3) is 0 Å². The normalized spacial score (nSPS) is 11.4. The van der Waals surface area contributed by atoms with Crippen LogP contribution in [0.25, 0.3) is 11.8 Å². The molecule has 98 valence electrons. The predicted octanol–water partition coefficient (Wildman–Crippen LogP) is 4.24. The van der Waals surface area contributed by atoms with Gasteiger partial charge in [-0.1, -0.05) is 0 Å². The maximum absolute atomic E-state index is 10.1. The fourth-order valence-electron chi connectivity index (χ4n) is 1.91. The third-order valence-electron chi connectivity index (χ3n) is 2.75. The first-order valence-electron chi connectivity index (χ1n) is 6.05. The van der Waals surface area contributed by atoms with Crippen molar-refractivity contribution in [3.05, 3.63) is 59.0 Å². The molecule has 0 fully saturated rings. The first-order valence-corrected chi connectivity index (χ1v) is 6.05. The second kappa shape index (κ2) is 5.57. The topological polar surface area (TPSA) is 40.8 Å². The highest BCUT2D eigenvalue weighted by Crippen LogP contribution is 2.20. The first-order chi connectivity index (χ1) is 9.08. The summed E-state index contributed by atoms with van der Waals surface area (Å²) in [6.45, 7) is 3.77. The zero-order valence-electron chi connectivity index (χ0n) is 11.3. The van der Waals surface area contributed by atoms with Crippen LogP contribution in [-0.2, 0) is 0 Å². The van der Waals surface area contributed by atoms with Crippen molar-refractivity contribution >= 4 is 11.8 Å². The maximum atomic E-state index is 10.1. The summed E-state index contributed by atoms with van der Waals surface area (Å²) in [5.74, 6) is 2.61. The van der Waals surface area contributed by atoms with E-state index in [4.69, 9.17) is 9.15 Å². The summed E-state index contributed by atoms with van der Waals surface area (Å²) in [5.41, 5.74) is 1.66. The number of benzene rings is 1. The van der Waals surface area contributed by atoms with E-state index in [-0.39, 0.29) is 5.76 Å². The fraction of sp³-hybridized carbons (Fsp3) is 0.188. The third kappa shape index (κ3) is 3.35.